The number of amides is 1. The molecular weight excluding hydrogens is 286 g/mol. The Morgan fingerprint density at radius 3 is 2.71 bits per heavy atom. The molecule has 1 heterocycles. The molecule has 1 amide bonds. The van der Waals surface area contributed by atoms with Gasteiger partial charge in [-0.05, 0) is 37.3 Å². The molecule has 0 aromatic heterocycles. The standard InChI is InChI=1S/C16H23NO3S/c1-3-11-21(19,20)15-9-5-4-8-14(15)16(18)17-10-6-7-13(2)12-17/h4-5,8-9,13H,3,6-7,10-12H2,1-2H3. The average Bonchev–Trinajstić information content (AvgIpc) is 2.46. The highest BCUT2D eigenvalue weighted by Crippen LogP contribution is 2.23. The van der Waals surface area contributed by atoms with Crippen LogP contribution in [0.4, 0.5) is 0 Å². The number of benzene rings is 1. The van der Waals surface area contributed by atoms with Crippen LogP contribution in [0.2, 0.25) is 0 Å². The number of nitrogens with zero attached hydrogens (tertiary/aromatic N) is 1. The van der Waals surface area contributed by atoms with Crippen molar-refractivity contribution in [1.29, 1.82) is 0 Å². The van der Waals surface area contributed by atoms with E-state index >= 15 is 0 Å². The highest BCUT2D eigenvalue weighted by Gasteiger charge is 2.27. The van der Waals surface area contributed by atoms with Gasteiger partial charge in [0, 0.05) is 13.1 Å². The van der Waals surface area contributed by atoms with Gasteiger partial charge >= 0.3 is 0 Å². The lowest BCUT2D eigenvalue weighted by Crippen LogP contribution is -2.39. The van der Waals surface area contributed by atoms with E-state index in [1.54, 1.807) is 29.2 Å². The second-order valence-corrected chi connectivity index (χ2v) is 7.89. The Kier molecular flexibility index (Phi) is 5.04. The average molecular weight is 309 g/mol. The molecule has 1 aromatic rings. The molecule has 1 saturated heterocycles. The number of sulfone groups is 1. The number of carbonyl (C=O) groups is 1. The third kappa shape index (κ3) is 3.64. The van der Waals surface area contributed by atoms with Crippen molar-refractivity contribution in [3.05, 3.63) is 29.8 Å². The maximum absolute atomic E-state index is 12.7. The molecule has 1 atom stereocenters. The predicted molar refractivity (Wildman–Crippen MR) is 83.1 cm³/mol. The number of hydrogen-bond donors (Lipinski definition) is 0. The number of likely N-dealkylation sites (tertiary alicyclic amines) is 1. The molecule has 1 unspecified atom stereocenters. The van der Waals surface area contributed by atoms with Gasteiger partial charge in [-0.25, -0.2) is 8.42 Å². The van der Waals surface area contributed by atoms with Crippen LogP contribution in [0.25, 0.3) is 0 Å². The summed E-state index contributed by atoms with van der Waals surface area (Å²) in [6.45, 7) is 5.37. The molecule has 0 saturated carbocycles. The minimum Gasteiger partial charge on any atom is -0.338 e. The number of piperidine rings is 1. The lowest BCUT2D eigenvalue weighted by molar-refractivity contribution is 0.0679. The van der Waals surface area contributed by atoms with E-state index in [1.807, 2.05) is 6.92 Å². The molecule has 5 heteroatoms. The fourth-order valence-electron chi connectivity index (χ4n) is 2.84. The monoisotopic (exact) mass is 309 g/mol. The molecule has 0 aliphatic carbocycles. The van der Waals surface area contributed by atoms with Crippen molar-refractivity contribution in [3.63, 3.8) is 0 Å². The van der Waals surface area contributed by atoms with E-state index in [1.165, 1.54) is 0 Å². The van der Waals surface area contributed by atoms with Gasteiger partial charge in [0.1, 0.15) is 0 Å². The second-order valence-electron chi connectivity index (χ2n) is 5.81. The Hall–Kier alpha value is -1.36. The SMILES string of the molecule is CCCS(=O)(=O)c1ccccc1C(=O)N1CCCC(C)C1. The van der Waals surface area contributed by atoms with Gasteiger partial charge in [-0.1, -0.05) is 26.0 Å². The maximum atomic E-state index is 12.7. The summed E-state index contributed by atoms with van der Waals surface area (Å²) in [5.41, 5.74) is 0.319. The molecule has 0 radical (unpaired) electrons. The Labute approximate surface area is 127 Å². The van der Waals surface area contributed by atoms with Gasteiger partial charge < -0.3 is 4.90 Å². The summed E-state index contributed by atoms with van der Waals surface area (Å²) >= 11 is 0. The first kappa shape index (κ1) is 16.0. The first-order chi connectivity index (χ1) is 9.95. The van der Waals surface area contributed by atoms with Crippen LogP contribution < -0.4 is 0 Å². The topological polar surface area (TPSA) is 54.5 Å². The number of hydrogen-bond acceptors (Lipinski definition) is 3. The van der Waals surface area contributed by atoms with Crippen molar-refractivity contribution in [2.75, 3.05) is 18.8 Å². The molecule has 1 fully saturated rings. The highest BCUT2D eigenvalue weighted by atomic mass is 32.2. The Morgan fingerprint density at radius 2 is 2.05 bits per heavy atom. The van der Waals surface area contributed by atoms with Crippen LogP contribution >= 0.6 is 0 Å². The predicted octanol–water partition coefficient (Wildman–Crippen LogP) is 2.74. The molecule has 21 heavy (non-hydrogen) atoms. The summed E-state index contributed by atoms with van der Waals surface area (Å²) in [4.78, 5) is 14.6. The van der Waals surface area contributed by atoms with Crippen molar-refractivity contribution in [2.24, 2.45) is 5.92 Å². The van der Waals surface area contributed by atoms with E-state index in [4.69, 9.17) is 0 Å². The smallest absolute Gasteiger partial charge is 0.255 e. The van der Waals surface area contributed by atoms with Crippen LogP contribution in [0.3, 0.4) is 0 Å². The number of rotatable bonds is 4. The molecular formula is C16H23NO3S. The zero-order chi connectivity index (χ0) is 15.5. The fraction of sp³-hybridized carbons (Fsp3) is 0.562. The van der Waals surface area contributed by atoms with Crippen LogP contribution in [-0.2, 0) is 9.84 Å². The van der Waals surface area contributed by atoms with Crippen molar-refractivity contribution in [1.82, 2.24) is 4.90 Å². The fourth-order valence-corrected chi connectivity index (χ4v) is 4.37. The van der Waals surface area contributed by atoms with Crippen LogP contribution in [0.15, 0.2) is 29.2 Å². The second kappa shape index (κ2) is 6.60. The van der Waals surface area contributed by atoms with E-state index in [9.17, 15) is 13.2 Å². The van der Waals surface area contributed by atoms with Crippen molar-refractivity contribution in [3.8, 4) is 0 Å². The van der Waals surface area contributed by atoms with Crippen LogP contribution in [-0.4, -0.2) is 38.1 Å². The molecule has 4 nitrogen and oxygen atoms in total. The van der Waals surface area contributed by atoms with E-state index in [0.717, 1.165) is 12.8 Å². The molecule has 116 valence electrons. The first-order valence-electron chi connectivity index (χ1n) is 7.56. The van der Waals surface area contributed by atoms with Gasteiger partial charge in [0.25, 0.3) is 5.91 Å². The molecule has 1 aliphatic heterocycles. The zero-order valence-corrected chi connectivity index (χ0v) is 13.5. The minimum absolute atomic E-state index is 0.0771. The summed E-state index contributed by atoms with van der Waals surface area (Å²) < 4.78 is 24.7. The third-order valence-corrected chi connectivity index (χ3v) is 5.84. The highest BCUT2D eigenvalue weighted by molar-refractivity contribution is 7.91. The Balaban J connectivity index is 2.34. The Morgan fingerprint density at radius 1 is 1.33 bits per heavy atom. The molecule has 1 aliphatic rings. The minimum atomic E-state index is -3.39. The van der Waals surface area contributed by atoms with Crippen molar-refractivity contribution >= 4 is 15.7 Å². The van der Waals surface area contributed by atoms with Gasteiger partial charge in [-0.2, -0.15) is 0 Å². The van der Waals surface area contributed by atoms with E-state index in [0.29, 0.717) is 31.0 Å². The number of carbonyl (C=O) groups excluding carboxylic acids is 1. The summed E-state index contributed by atoms with van der Waals surface area (Å²) in [5, 5.41) is 0. The maximum Gasteiger partial charge on any atom is 0.255 e. The van der Waals surface area contributed by atoms with E-state index in [2.05, 4.69) is 6.92 Å². The zero-order valence-electron chi connectivity index (χ0n) is 12.7. The van der Waals surface area contributed by atoms with Gasteiger partial charge in [-0.15, -0.1) is 0 Å². The van der Waals surface area contributed by atoms with Crippen molar-refractivity contribution < 1.29 is 13.2 Å². The summed E-state index contributed by atoms with van der Waals surface area (Å²) in [7, 11) is -3.39. The van der Waals surface area contributed by atoms with Crippen LogP contribution in [0.5, 0.6) is 0 Å². The third-order valence-electron chi connectivity index (χ3n) is 3.87. The Bertz CT molecular complexity index is 610. The van der Waals surface area contributed by atoms with Crippen molar-refractivity contribution in [2.45, 2.75) is 38.0 Å². The van der Waals surface area contributed by atoms with Gasteiger partial charge in [0.15, 0.2) is 9.84 Å². The summed E-state index contributed by atoms with van der Waals surface area (Å²) in [6.07, 6.45) is 2.65. The van der Waals surface area contributed by atoms with E-state index in [-0.39, 0.29) is 16.6 Å². The van der Waals surface area contributed by atoms with E-state index < -0.39 is 9.84 Å². The molecule has 2 rings (SSSR count). The normalized spacial score (nSPS) is 19.5. The van der Waals surface area contributed by atoms with Crippen LogP contribution in [0, 0.1) is 5.92 Å². The quantitative estimate of drug-likeness (QED) is 0.859. The van der Waals surface area contributed by atoms with Gasteiger partial charge in [-0.3, -0.25) is 4.79 Å². The first-order valence-corrected chi connectivity index (χ1v) is 9.22. The molecule has 0 bridgehead atoms. The summed E-state index contributed by atoms with van der Waals surface area (Å²) in [6, 6.07) is 6.58. The molecule has 0 spiro atoms. The molecule has 0 N–H and O–H groups in total. The largest absolute Gasteiger partial charge is 0.338 e. The summed E-state index contributed by atoms with van der Waals surface area (Å²) in [5.74, 6) is 0.396. The lowest BCUT2D eigenvalue weighted by Gasteiger charge is -2.31. The van der Waals surface area contributed by atoms with Gasteiger partial charge in [0.2, 0.25) is 0 Å². The van der Waals surface area contributed by atoms with Crippen LogP contribution in [0.1, 0.15) is 43.5 Å². The molecule has 1 aromatic carbocycles. The lowest BCUT2D eigenvalue weighted by atomic mass is 9.99. The van der Waals surface area contributed by atoms with Gasteiger partial charge in [0.05, 0.1) is 16.2 Å².